The zero-order chi connectivity index (χ0) is 18.8. The number of fused-ring (bicyclic) bond motifs is 2. The van der Waals surface area contributed by atoms with Gasteiger partial charge in [0.15, 0.2) is 0 Å². The van der Waals surface area contributed by atoms with Crippen molar-refractivity contribution in [3.05, 3.63) is 70.3 Å². The molecule has 0 aromatic heterocycles. The molecule has 1 aliphatic heterocycles. The van der Waals surface area contributed by atoms with E-state index in [1.807, 2.05) is 23.1 Å². The van der Waals surface area contributed by atoms with E-state index in [9.17, 15) is 4.79 Å². The van der Waals surface area contributed by atoms with Gasteiger partial charge in [-0.05, 0) is 67.1 Å². The summed E-state index contributed by atoms with van der Waals surface area (Å²) < 4.78 is 0. The number of rotatable bonds is 7. The Morgan fingerprint density at radius 1 is 0.963 bits per heavy atom. The van der Waals surface area contributed by atoms with Crippen molar-refractivity contribution < 1.29 is 4.79 Å². The molecule has 1 unspecified atom stereocenters. The quantitative estimate of drug-likeness (QED) is 0.727. The van der Waals surface area contributed by atoms with Gasteiger partial charge in [0.25, 0.3) is 5.91 Å². The highest BCUT2D eigenvalue weighted by Gasteiger charge is 2.32. The van der Waals surface area contributed by atoms with E-state index in [1.54, 1.807) is 0 Å². The summed E-state index contributed by atoms with van der Waals surface area (Å²) in [5.41, 5.74) is 6.20. The van der Waals surface area contributed by atoms with Crippen LogP contribution in [0.3, 0.4) is 0 Å². The molecule has 0 spiro atoms. The third-order valence-electron chi connectivity index (χ3n) is 5.97. The Morgan fingerprint density at radius 3 is 2.30 bits per heavy atom. The first kappa shape index (κ1) is 18.2. The molecule has 27 heavy (non-hydrogen) atoms. The van der Waals surface area contributed by atoms with Crippen LogP contribution in [0.2, 0.25) is 0 Å². The molecule has 3 nitrogen and oxygen atoms in total. The average Bonchev–Trinajstić information content (AvgIpc) is 3.22. The number of benzene rings is 2. The molecular formula is C24H30N2O. The van der Waals surface area contributed by atoms with Gasteiger partial charge in [0.1, 0.15) is 0 Å². The Balaban J connectivity index is 1.50. The third-order valence-corrected chi connectivity index (χ3v) is 5.97. The van der Waals surface area contributed by atoms with Crippen molar-refractivity contribution >= 4 is 5.91 Å². The lowest BCUT2D eigenvalue weighted by atomic mass is 10.0. The summed E-state index contributed by atoms with van der Waals surface area (Å²) in [6, 6.07) is 15.4. The summed E-state index contributed by atoms with van der Waals surface area (Å²) in [5.74, 6) is 0.194. The summed E-state index contributed by atoms with van der Waals surface area (Å²) >= 11 is 0. The Morgan fingerprint density at radius 2 is 1.63 bits per heavy atom. The maximum Gasteiger partial charge on any atom is 0.254 e. The van der Waals surface area contributed by atoms with Gasteiger partial charge in [0, 0.05) is 24.7 Å². The van der Waals surface area contributed by atoms with Gasteiger partial charge < -0.3 is 4.90 Å². The highest BCUT2D eigenvalue weighted by molar-refractivity contribution is 5.98. The first-order valence-corrected chi connectivity index (χ1v) is 10.4. The summed E-state index contributed by atoms with van der Waals surface area (Å²) in [7, 11) is 0. The lowest BCUT2D eigenvalue weighted by Crippen LogP contribution is -2.37. The van der Waals surface area contributed by atoms with Crippen molar-refractivity contribution in [3.63, 3.8) is 0 Å². The number of carbonyl (C=O) groups is 1. The van der Waals surface area contributed by atoms with Gasteiger partial charge in [-0.15, -0.1) is 0 Å². The van der Waals surface area contributed by atoms with E-state index in [-0.39, 0.29) is 5.91 Å². The minimum Gasteiger partial charge on any atom is -0.330 e. The number of nitrogens with zero attached hydrogens (tertiary/aromatic N) is 2. The Labute approximate surface area is 163 Å². The zero-order valence-electron chi connectivity index (χ0n) is 16.6. The van der Waals surface area contributed by atoms with E-state index in [2.05, 4.69) is 43.0 Å². The Bertz CT molecular complexity index is 809. The number of hydrogen-bond donors (Lipinski definition) is 0. The number of carbonyl (C=O) groups excluding carboxylic acids is 1. The van der Waals surface area contributed by atoms with Crippen LogP contribution in [-0.2, 0) is 25.9 Å². The van der Waals surface area contributed by atoms with E-state index in [1.165, 1.54) is 48.2 Å². The molecule has 2 aromatic carbocycles. The molecule has 0 bridgehead atoms. The van der Waals surface area contributed by atoms with E-state index in [4.69, 9.17) is 0 Å². The number of hydrogen-bond acceptors (Lipinski definition) is 2. The fourth-order valence-electron chi connectivity index (χ4n) is 4.72. The molecule has 1 aliphatic carbocycles. The average molecular weight is 363 g/mol. The van der Waals surface area contributed by atoms with Crippen molar-refractivity contribution in [1.82, 2.24) is 9.80 Å². The predicted molar refractivity (Wildman–Crippen MR) is 110 cm³/mol. The van der Waals surface area contributed by atoms with Crippen LogP contribution < -0.4 is 0 Å². The van der Waals surface area contributed by atoms with Crippen molar-refractivity contribution in [2.75, 3.05) is 13.1 Å². The van der Waals surface area contributed by atoms with Crippen molar-refractivity contribution in [3.8, 4) is 0 Å². The summed E-state index contributed by atoms with van der Waals surface area (Å²) in [5, 5.41) is 0. The standard InChI is InChI=1S/C24H30N2O/c1-3-10-25(11-4-2)22-13-19-12-21-17-26(16-18-8-6-5-7-9-18)24(27)23(21)15-20(19)14-22/h5-9,12,15,22H,3-4,10-11,13-14,16-17H2,1-2H3. The first-order valence-electron chi connectivity index (χ1n) is 10.4. The van der Waals surface area contributed by atoms with Crippen LogP contribution in [-0.4, -0.2) is 34.8 Å². The molecule has 142 valence electrons. The van der Waals surface area contributed by atoms with Crippen LogP contribution in [0, 0.1) is 0 Å². The maximum absolute atomic E-state index is 12.9. The summed E-state index contributed by atoms with van der Waals surface area (Å²) in [4.78, 5) is 17.6. The highest BCUT2D eigenvalue weighted by atomic mass is 16.2. The van der Waals surface area contributed by atoms with Crippen molar-refractivity contribution in [2.45, 2.75) is 58.7 Å². The molecule has 4 rings (SSSR count). The van der Waals surface area contributed by atoms with Crippen LogP contribution in [0.5, 0.6) is 0 Å². The maximum atomic E-state index is 12.9. The molecule has 2 aliphatic rings. The summed E-state index contributed by atoms with van der Waals surface area (Å²) in [6.07, 6.45) is 4.64. The third kappa shape index (κ3) is 3.66. The molecule has 2 aromatic rings. The molecule has 0 N–H and O–H groups in total. The fraction of sp³-hybridized carbons (Fsp3) is 0.458. The van der Waals surface area contributed by atoms with Crippen LogP contribution >= 0.6 is 0 Å². The number of amides is 1. The second-order valence-electron chi connectivity index (χ2n) is 8.02. The minimum atomic E-state index is 0.194. The van der Waals surface area contributed by atoms with Gasteiger partial charge >= 0.3 is 0 Å². The SMILES string of the molecule is CCCN(CCC)C1Cc2cc3c(cc2C1)C(=O)N(Cc1ccccc1)C3. The Kier molecular flexibility index (Phi) is 5.31. The first-order chi connectivity index (χ1) is 13.2. The lowest BCUT2D eigenvalue weighted by Gasteiger charge is -2.27. The van der Waals surface area contributed by atoms with Gasteiger partial charge in [-0.2, -0.15) is 0 Å². The highest BCUT2D eigenvalue weighted by Crippen LogP contribution is 2.33. The monoisotopic (exact) mass is 362 g/mol. The minimum absolute atomic E-state index is 0.194. The lowest BCUT2D eigenvalue weighted by molar-refractivity contribution is 0.0766. The van der Waals surface area contributed by atoms with Crippen LogP contribution in [0.25, 0.3) is 0 Å². The van der Waals surface area contributed by atoms with E-state index < -0.39 is 0 Å². The molecule has 0 saturated carbocycles. The molecule has 3 heteroatoms. The van der Waals surface area contributed by atoms with E-state index in [0.717, 1.165) is 24.9 Å². The largest absolute Gasteiger partial charge is 0.330 e. The summed E-state index contributed by atoms with van der Waals surface area (Å²) in [6.45, 7) is 8.32. The predicted octanol–water partition coefficient (Wildman–Crippen LogP) is 4.43. The smallest absolute Gasteiger partial charge is 0.254 e. The van der Waals surface area contributed by atoms with E-state index >= 15 is 0 Å². The molecule has 0 saturated heterocycles. The van der Waals surface area contributed by atoms with Gasteiger partial charge in [-0.3, -0.25) is 9.69 Å². The van der Waals surface area contributed by atoms with Crippen molar-refractivity contribution in [1.29, 1.82) is 0 Å². The zero-order valence-corrected chi connectivity index (χ0v) is 16.6. The van der Waals surface area contributed by atoms with Crippen LogP contribution in [0.15, 0.2) is 42.5 Å². The van der Waals surface area contributed by atoms with Gasteiger partial charge in [-0.1, -0.05) is 50.2 Å². The van der Waals surface area contributed by atoms with Gasteiger partial charge in [-0.25, -0.2) is 0 Å². The molecular weight excluding hydrogens is 332 g/mol. The normalized spacial score (nSPS) is 18.3. The topological polar surface area (TPSA) is 23.6 Å². The second kappa shape index (κ2) is 7.85. The second-order valence-corrected chi connectivity index (χ2v) is 8.02. The molecule has 0 radical (unpaired) electrons. The Hall–Kier alpha value is -2.13. The van der Waals surface area contributed by atoms with Crippen molar-refractivity contribution in [2.24, 2.45) is 0 Å². The molecule has 1 atom stereocenters. The van der Waals surface area contributed by atoms with Crippen LogP contribution in [0.4, 0.5) is 0 Å². The van der Waals surface area contributed by atoms with Crippen LogP contribution in [0.1, 0.15) is 59.3 Å². The molecule has 1 amide bonds. The fourth-order valence-corrected chi connectivity index (χ4v) is 4.72. The van der Waals surface area contributed by atoms with Gasteiger partial charge in [0.05, 0.1) is 0 Å². The van der Waals surface area contributed by atoms with Gasteiger partial charge in [0.2, 0.25) is 0 Å². The molecule has 0 fully saturated rings. The van der Waals surface area contributed by atoms with E-state index in [0.29, 0.717) is 12.6 Å². The molecule has 1 heterocycles.